The Bertz CT molecular complexity index is 809. The molecule has 1 fully saturated rings. The standard InChI is InChI=1S/C13H16Cl2N2O4S2/c1-2-22(18,19)16-8-10-6-7-17(9-10)23(20,21)12-5-3-4-11(14)13(12)15/h2-5,10,16H,1,6-9H2. The first kappa shape index (κ1) is 18.7. The quantitative estimate of drug-likeness (QED) is 0.794. The Balaban J connectivity index is 2.11. The molecule has 0 aliphatic carbocycles. The molecule has 2 rings (SSSR count). The molecule has 10 heteroatoms. The summed E-state index contributed by atoms with van der Waals surface area (Å²) < 4.78 is 51.6. The van der Waals surface area contributed by atoms with E-state index in [0.29, 0.717) is 13.0 Å². The van der Waals surface area contributed by atoms with Crippen LogP contribution in [-0.4, -0.2) is 40.8 Å². The predicted octanol–water partition coefficient (Wildman–Crippen LogP) is 2.07. The average Bonchev–Trinajstić information content (AvgIpc) is 2.98. The molecule has 1 unspecified atom stereocenters. The minimum absolute atomic E-state index is 0.00928. The highest BCUT2D eigenvalue weighted by Gasteiger charge is 2.34. The van der Waals surface area contributed by atoms with Crippen molar-refractivity contribution in [3.63, 3.8) is 0 Å². The van der Waals surface area contributed by atoms with Crippen LogP contribution in [0, 0.1) is 5.92 Å². The molecular formula is C13H16Cl2N2O4S2. The number of halogens is 2. The van der Waals surface area contributed by atoms with Gasteiger partial charge < -0.3 is 0 Å². The second-order valence-electron chi connectivity index (χ2n) is 5.13. The maximum absolute atomic E-state index is 12.6. The Morgan fingerprint density at radius 2 is 2.00 bits per heavy atom. The molecule has 0 spiro atoms. The maximum atomic E-state index is 12.6. The van der Waals surface area contributed by atoms with E-state index in [2.05, 4.69) is 11.3 Å². The molecule has 1 N–H and O–H groups in total. The highest BCUT2D eigenvalue weighted by molar-refractivity contribution is 7.92. The van der Waals surface area contributed by atoms with Crippen LogP contribution in [0.1, 0.15) is 6.42 Å². The fraction of sp³-hybridized carbons (Fsp3) is 0.385. The topological polar surface area (TPSA) is 83.6 Å². The lowest BCUT2D eigenvalue weighted by molar-refractivity contribution is 0.455. The maximum Gasteiger partial charge on any atom is 0.244 e. The molecule has 1 aromatic rings. The van der Waals surface area contributed by atoms with E-state index in [-0.39, 0.29) is 33.9 Å². The minimum Gasteiger partial charge on any atom is -0.211 e. The van der Waals surface area contributed by atoms with Crippen LogP contribution in [-0.2, 0) is 20.0 Å². The Hall–Kier alpha value is -0.640. The summed E-state index contributed by atoms with van der Waals surface area (Å²) in [6, 6.07) is 4.43. The third kappa shape index (κ3) is 4.26. The van der Waals surface area contributed by atoms with Gasteiger partial charge in [0.2, 0.25) is 20.0 Å². The van der Waals surface area contributed by atoms with E-state index in [1.54, 1.807) is 0 Å². The zero-order chi connectivity index (χ0) is 17.3. The van der Waals surface area contributed by atoms with E-state index in [4.69, 9.17) is 23.2 Å². The summed E-state index contributed by atoms with van der Waals surface area (Å²) in [6.45, 7) is 3.87. The molecular weight excluding hydrogens is 383 g/mol. The van der Waals surface area contributed by atoms with Gasteiger partial charge in [0.05, 0.1) is 10.0 Å². The van der Waals surface area contributed by atoms with Gasteiger partial charge in [-0.1, -0.05) is 35.8 Å². The fourth-order valence-electron chi connectivity index (χ4n) is 2.30. The van der Waals surface area contributed by atoms with E-state index in [1.165, 1.54) is 22.5 Å². The Kier molecular flexibility index (Phi) is 5.76. The van der Waals surface area contributed by atoms with Crippen LogP contribution in [0.5, 0.6) is 0 Å². The molecule has 1 saturated heterocycles. The molecule has 1 atom stereocenters. The first-order chi connectivity index (χ1) is 10.7. The lowest BCUT2D eigenvalue weighted by Gasteiger charge is -2.18. The van der Waals surface area contributed by atoms with Crippen LogP contribution in [0.2, 0.25) is 10.0 Å². The summed E-state index contributed by atoms with van der Waals surface area (Å²) in [7, 11) is -7.28. The Morgan fingerprint density at radius 1 is 1.30 bits per heavy atom. The summed E-state index contributed by atoms with van der Waals surface area (Å²) >= 11 is 11.9. The first-order valence-electron chi connectivity index (χ1n) is 6.73. The largest absolute Gasteiger partial charge is 0.244 e. The zero-order valence-corrected chi connectivity index (χ0v) is 15.2. The van der Waals surface area contributed by atoms with E-state index >= 15 is 0 Å². The predicted molar refractivity (Wildman–Crippen MR) is 90.4 cm³/mol. The van der Waals surface area contributed by atoms with Crippen LogP contribution in [0.25, 0.3) is 0 Å². The molecule has 0 bridgehead atoms. The second-order valence-corrected chi connectivity index (χ2v) is 9.53. The van der Waals surface area contributed by atoms with Gasteiger partial charge in [-0.25, -0.2) is 21.6 Å². The van der Waals surface area contributed by atoms with Crippen LogP contribution in [0.15, 0.2) is 35.1 Å². The zero-order valence-electron chi connectivity index (χ0n) is 12.1. The molecule has 0 saturated carbocycles. The number of nitrogens with zero attached hydrogens (tertiary/aromatic N) is 1. The van der Waals surface area contributed by atoms with Gasteiger partial charge in [0.15, 0.2) is 0 Å². The van der Waals surface area contributed by atoms with Crippen molar-refractivity contribution >= 4 is 43.2 Å². The number of benzene rings is 1. The van der Waals surface area contributed by atoms with Crippen molar-refractivity contribution in [3.05, 3.63) is 40.2 Å². The van der Waals surface area contributed by atoms with E-state index < -0.39 is 20.0 Å². The monoisotopic (exact) mass is 398 g/mol. The minimum atomic E-state index is -3.76. The highest BCUT2D eigenvalue weighted by Crippen LogP contribution is 2.32. The summed E-state index contributed by atoms with van der Waals surface area (Å²) in [5.74, 6) is -0.113. The molecule has 1 aromatic carbocycles. The van der Waals surface area contributed by atoms with Crippen LogP contribution in [0.3, 0.4) is 0 Å². The molecule has 128 valence electrons. The van der Waals surface area contributed by atoms with E-state index in [9.17, 15) is 16.8 Å². The molecule has 1 aliphatic heterocycles. The van der Waals surface area contributed by atoms with Gasteiger partial charge in [0, 0.05) is 25.0 Å². The molecule has 0 aromatic heterocycles. The SMILES string of the molecule is C=CS(=O)(=O)NCC1CCN(S(=O)(=O)c2cccc(Cl)c2Cl)C1. The second kappa shape index (κ2) is 7.08. The van der Waals surface area contributed by atoms with E-state index in [0.717, 1.165) is 5.41 Å². The van der Waals surface area contributed by atoms with Crippen molar-refractivity contribution < 1.29 is 16.8 Å². The molecule has 1 heterocycles. The molecule has 0 radical (unpaired) electrons. The van der Waals surface area contributed by atoms with Gasteiger partial charge in [-0.15, -0.1) is 0 Å². The number of hydrogen-bond donors (Lipinski definition) is 1. The van der Waals surface area contributed by atoms with Crippen molar-refractivity contribution in [2.24, 2.45) is 5.92 Å². The lowest BCUT2D eigenvalue weighted by Crippen LogP contribution is -2.32. The molecule has 23 heavy (non-hydrogen) atoms. The molecule has 6 nitrogen and oxygen atoms in total. The van der Waals surface area contributed by atoms with Crippen molar-refractivity contribution in [2.75, 3.05) is 19.6 Å². The first-order valence-corrected chi connectivity index (χ1v) is 10.5. The van der Waals surface area contributed by atoms with Crippen LogP contribution < -0.4 is 4.72 Å². The summed E-state index contributed by atoms with van der Waals surface area (Å²) in [6.07, 6.45) is 0.553. The van der Waals surface area contributed by atoms with E-state index in [1.807, 2.05) is 0 Å². The van der Waals surface area contributed by atoms with Gasteiger partial charge in [-0.2, -0.15) is 4.31 Å². The van der Waals surface area contributed by atoms with Crippen molar-refractivity contribution in [1.29, 1.82) is 0 Å². The smallest absolute Gasteiger partial charge is 0.211 e. The lowest BCUT2D eigenvalue weighted by atomic mass is 10.1. The number of sulfonamides is 2. The Morgan fingerprint density at radius 3 is 2.65 bits per heavy atom. The average molecular weight is 399 g/mol. The number of hydrogen-bond acceptors (Lipinski definition) is 4. The van der Waals surface area contributed by atoms with Crippen molar-refractivity contribution in [1.82, 2.24) is 9.03 Å². The van der Waals surface area contributed by atoms with Gasteiger partial charge in [-0.05, 0) is 24.5 Å². The highest BCUT2D eigenvalue weighted by atomic mass is 35.5. The van der Waals surface area contributed by atoms with Crippen molar-refractivity contribution in [3.8, 4) is 0 Å². The fourth-order valence-corrected chi connectivity index (χ4v) is 5.15. The molecule has 1 aliphatic rings. The third-order valence-corrected chi connectivity index (χ3v) is 7.42. The number of rotatable bonds is 6. The normalized spacial score (nSPS) is 19.8. The van der Waals surface area contributed by atoms with Crippen molar-refractivity contribution in [2.45, 2.75) is 11.3 Å². The van der Waals surface area contributed by atoms with Gasteiger partial charge in [0.1, 0.15) is 4.90 Å². The van der Waals surface area contributed by atoms with Gasteiger partial charge in [-0.3, -0.25) is 0 Å². The molecule has 0 amide bonds. The van der Waals surface area contributed by atoms with Crippen LogP contribution in [0.4, 0.5) is 0 Å². The third-order valence-electron chi connectivity index (χ3n) is 3.58. The summed E-state index contributed by atoms with van der Waals surface area (Å²) in [5.41, 5.74) is 0. The van der Waals surface area contributed by atoms with Gasteiger partial charge >= 0.3 is 0 Å². The summed E-state index contributed by atoms with van der Waals surface area (Å²) in [5, 5.41) is 0.981. The van der Waals surface area contributed by atoms with Crippen LogP contribution >= 0.6 is 23.2 Å². The Labute approximate surface area is 146 Å². The summed E-state index contributed by atoms with van der Waals surface area (Å²) in [4.78, 5) is -0.0426. The number of nitrogens with one attached hydrogen (secondary N) is 1. The van der Waals surface area contributed by atoms with Gasteiger partial charge in [0.25, 0.3) is 0 Å².